The van der Waals surface area contributed by atoms with Crippen molar-refractivity contribution in [3.63, 3.8) is 0 Å². The molecule has 0 aliphatic carbocycles. The smallest absolute Gasteiger partial charge is 0.152 e. The van der Waals surface area contributed by atoms with E-state index < -0.39 is 0 Å². The van der Waals surface area contributed by atoms with E-state index in [-0.39, 0.29) is 5.54 Å². The normalized spacial score (nSPS) is 12.2. The summed E-state index contributed by atoms with van der Waals surface area (Å²) in [7, 11) is 1.83. The van der Waals surface area contributed by atoms with Gasteiger partial charge in [0.15, 0.2) is 5.78 Å². The van der Waals surface area contributed by atoms with E-state index in [1.807, 2.05) is 20.9 Å². The fourth-order valence-electron chi connectivity index (χ4n) is 0.872. The molecule has 0 aliphatic heterocycles. The molecule has 0 radical (unpaired) electrons. The second kappa shape index (κ2) is 4.61. The highest BCUT2D eigenvalue weighted by Crippen LogP contribution is 2.11. The zero-order valence-corrected chi connectivity index (χ0v) is 8.90. The Kier molecular flexibility index (Phi) is 4.46. The lowest BCUT2D eigenvalue weighted by molar-refractivity contribution is -0.124. The number of ketones is 1. The van der Waals surface area contributed by atoms with E-state index in [1.165, 1.54) is 0 Å². The van der Waals surface area contributed by atoms with Crippen LogP contribution in [-0.4, -0.2) is 18.4 Å². The van der Waals surface area contributed by atoms with Crippen LogP contribution in [0.3, 0.4) is 0 Å². The van der Waals surface area contributed by atoms with Crippen LogP contribution in [0.5, 0.6) is 0 Å². The van der Waals surface area contributed by atoms with Crippen LogP contribution in [0.25, 0.3) is 0 Å². The van der Waals surface area contributed by atoms with Crippen LogP contribution in [0.2, 0.25) is 0 Å². The van der Waals surface area contributed by atoms with Crippen molar-refractivity contribution in [1.29, 1.82) is 0 Å². The van der Waals surface area contributed by atoms with Crippen molar-refractivity contribution in [2.24, 2.45) is 5.92 Å². The number of Topliss-reactive ketones (excluding diaryl/α,β-unsaturated/α-hetero) is 1. The largest absolute Gasteiger partial charge is 0.308 e. The van der Waals surface area contributed by atoms with Crippen LogP contribution in [0.4, 0.5) is 0 Å². The summed E-state index contributed by atoms with van der Waals surface area (Å²) in [5.74, 6) is 0.917. The van der Waals surface area contributed by atoms with Crippen molar-refractivity contribution >= 4 is 5.78 Å². The van der Waals surface area contributed by atoms with E-state index in [2.05, 4.69) is 19.2 Å². The minimum Gasteiger partial charge on any atom is -0.308 e. The van der Waals surface area contributed by atoms with Gasteiger partial charge in [-0.15, -0.1) is 0 Å². The second-order valence-electron chi connectivity index (χ2n) is 4.23. The average molecular weight is 171 g/mol. The predicted octanol–water partition coefficient (Wildman–Crippen LogP) is 1.99. The van der Waals surface area contributed by atoms with Gasteiger partial charge in [0.05, 0.1) is 5.54 Å². The zero-order chi connectivity index (χ0) is 9.78. The van der Waals surface area contributed by atoms with Gasteiger partial charge in [-0.3, -0.25) is 4.79 Å². The summed E-state index contributed by atoms with van der Waals surface area (Å²) in [6.07, 6.45) is 1.68. The van der Waals surface area contributed by atoms with Gasteiger partial charge in [0.1, 0.15) is 0 Å². The van der Waals surface area contributed by atoms with Gasteiger partial charge in [-0.1, -0.05) is 13.8 Å². The molecule has 0 aromatic rings. The topological polar surface area (TPSA) is 29.1 Å². The molecule has 0 atom stereocenters. The summed E-state index contributed by atoms with van der Waals surface area (Å²) in [5.41, 5.74) is -0.352. The fraction of sp³-hybridized carbons (Fsp3) is 0.900. The molecule has 0 aromatic carbocycles. The van der Waals surface area contributed by atoms with E-state index in [0.29, 0.717) is 18.1 Å². The van der Waals surface area contributed by atoms with Crippen LogP contribution in [-0.2, 0) is 4.79 Å². The maximum absolute atomic E-state index is 11.5. The Labute approximate surface area is 75.7 Å². The van der Waals surface area contributed by atoms with Crippen molar-refractivity contribution in [2.45, 2.75) is 46.1 Å². The molecule has 12 heavy (non-hydrogen) atoms. The Balaban J connectivity index is 3.88. The Hall–Kier alpha value is -0.370. The first-order chi connectivity index (χ1) is 5.40. The van der Waals surface area contributed by atoms with E-state index in [4.69, 9.17) is 0 Å². The number of nitrogens with one attached hydrogen (secondary N) is 1. The van der Waals surface area contributed by atoms with Crippen molar-refractivity contribution in [1.82, 2.24) is 5.32 Å². The molecule has 0 unspecified atom stereocenters. The van der Waals surface area contributed by atoms with E-state index in [0.717, 1.165) is 6.42 Å². The highest BCUT2D eigenvalue weighted by molar-refractivity contribution is 5.87. The first-order valence-electron chi connectivity index (χ1n) is 4.62. The fourth-order valence-corrected chi connectivity index (χ4v) is 0.872. The third-order valence-corrected chi connectivity index (χ3v) is 2.27. The van der Waals surface area contributed by atoms with Gasteiger partial charge in [0, 0.05) is 6.42 Å². The summed E-state index contributed by atoms with van der Waals surface area (Å²) in [5, 5.41) is 3.02. The monoisotopic (exact) mass is 171 g/mol. The lowest BCUT2D eigenvalue weighted by Gasteiger charge is -2.22. The first-order valence-corrected chi connectivity index (χ1v) is 4.62. The molecule has 2 nitrogen and oxygen atoms in total. The molecule has 2 heteroatoms. The lowest BCUT2D eigenvalue weighted by atomic mass is 9.93. The standard InChI is InChI=1S/C10H21NO/c1-8(2)6-7-9(12)10(3,4)11-5/h8,11H,6-7H2,1-5H3. The SMILES string of the molecule is CNC(C)(C)C(=O)CCC(C)C. The zero-order valence-electron chi connectivity index (χ0n) is 8.90. The third kappa shape index (κ3) is 3.86. The molecule has 0 amide bonds. The van der Waals surface area contributed by atoms with Gasteiger partial charge >= 0.3 is 0 Å². The molecule has 1 N–H and O–H groups in total. The third-order valence-electron chi connectivity index (χ3n) is 2.27. The van der Waals surface area contributed by atoms with Crippen LogP contribution in [0, 0.1) is 5.92 Å². The highest BCUT2D eigenvalue weighted by Gasteiger charge is 2.24. The number of carbonyl (C=O) groups is 1. The molecule has 0 aliphatic rings. The number of carbonyl (C=O) groups excluding carboxylic acids is 1. The van der Waals surface area contributed by atoms with Crippen LogP contribution < -0.4 is 5.32 Å². The summed E-state index contributed by atoms with van der Waals surface area (Å²) >= 11 is 0. The van der Waals surface area contributed by atoms with Crippen molar-refractivity contribution in [2.75, 3.05) is 7.05 Å². The quantitative estimate of drug-likeness (QED) is 0.685. The van der Waals surface area contributed by atoms with Gasteiger partial charge in [-0.25, -0.2) is 0 Å². The molecule has 0 rings (SSSR count). The molecule has 0 saturated carbocycles. The first kappa shape index (κ1) is 11.6. The molecule has 0 heterocycles. The Bertz CT molecular complexity index is 150. The Morgan fingerprint density at radius 1 is 1.42 bits per heavy atom. The highest BCUT2D eigenvalue weighted by atomic mass is 16.1. The summed E-state index contributed by atoms with van der Waals surface area (Å²) in [6.45, 7) is 8.13. The molecule has 0 aromatic heterocycles. The van der Waals surface area contributed by atoms with Gasteiger partial charge < -0.3 is 5.32 Å². The minimum atomic E-state index is -0.352. The second-order valence-corrected chi connectivity index (χ2v) is 4.23. The number of hydrogen-bond acceptors (Lipinski definition) is 2. The molecule has 0 fully saturated rings. The summed E-state index contributed by atoms with van der Waals surface area (Å²) < 4.78 is 0. The van der Waals surface area contributed by atoms with Gasteiger partial charge in [-0.2, -0.15) is 0 Å². The minimum absolute atomic E-state index is 0.304. The van der Waals surface area contributed by atoms with E-state index >= 15 is 0 Å². The molecule has 0 saturated heterocycles. The maximum Gasteiger partial charge on any atom is 0.152 e. The van der Waals surface area contributed by atoms with Crippen LogP contribution in [0.15, 0.2) is 0 Å². The van der Waals surface area contributed by atoms with Crippen LogP contribution in [0.1, 0.15) is 40.5 Å². The molecular formula is C10H21NO. The molecular weight excluding hydrogens is 150 g/mol. The van der Waals surface area contributed by atoms with Crippen LogP contribution >= 0.6 is 0 Å². The molecule has 0 bridgehead atoms. The summed E-state index contributed by atoms with van der Waals surface area (Å²) in [4.78, 5) is 11.5. The van der Waals surface area contributed by atoms with E-state index in [9.17, 15) is 4.79 Å². The number of hydrogen-bond donors (Lipinski definition) is 1. The molecule has 72 valence electrons. The number of rotatable bonds is 5. The lowest BCUT2D eigenvalue weighted by Crippen LogP contribution is -2.44. The van der Waals surface area contributed by atoms with Gasteiger partial charge in [0.25, 0.3) is 0 Å². The average Bonchev–Trinajstić information content (AvgIpc) is 2.00. The Morgan fingerprint density at radius 2 is 1.92 bits per heavy atom. The van der Waals surface area contributed by atoms with E-state index in [1.54, 1.807) is 0 Å². The Morgan fingerprint density at radius 3 is 2.25 bits per heavy atom. The van der Waals surface area contributed by atoms with Gasteiger partial charge in [0.2, 0.25) is 0 Å². The van der Waals surface area contributed by atoms with Crippen molar-refractivity contribution in [3.8, 4) is 0 Å². The van der Waals surface area contributed by atoms with Crippen molar-refractivity contribution in [3.05, 3.63) is 0 Å². The van der Waals surface area contributed by atoms with Gasteiger partial charge in [-0.05, 0) is 33.2 Å². The number of likely N-dealkylation sites (N-methyl/N-ethyl adjacent to an activating group) is 1. The predicted molar refractivity (Wildman–Crippen MR) is 52.2 cm³/mol. The maximum atomic E-state index is 11.5. The molecule has 0 spiro atoms. The summed E-state index contributed by atoms with van der Waals surface area (Å²) in [6, 6.07) is 0. The van der Waals surface area contributed by atoms with Crippen molar-refractivity contribution < 1.29 is 4.79 Å².